The van der Waals surface area contributed by atoms with E-state index in [-0.39, 0.29) is 17.1 Å². The molecule has 2 aromatic rings. The fourth-order valence-corrected chi connectivity index (χ4v) is 2.19. The highest BCUT2D eigenvalue weighted by Gasteiger charge is 2.47. The molecule has 1 aliphatic carbocycles. The molecule has 1 saturated carbocycles. The van der Waals surface area contributed by atoms with Crippen molar-refractivity contribution in [3.05, 3.63) is 63.8 Å². The van der Waals surface area contributed by atoms with E-state index in [4.69, 9.17) is 0 Å². The maximum atomic E-state index is 13.8. The molecule has 1 aliphatic rings. The Bertz CT molecular complexity index is 702. The van der Waals surface area contributed by atoms with Gasteiger partial charge < -0.3 is 5.32 Å². The van der Waals surface area contributed by atoms with Crippen molar-refractivity contribution in [3.8, 4) is 0 Å². The number of carbonyl (C=O) groups is 1. The second kappa shape index (κ2) is 4.56. The fraction of sp³-hybridized carbons (Fsp3) is 0.214. The summed E-state index contributed by atoms with van der Waals surface area (Å²) in [5, 5.41) is 8.66. The third-order valence-electron chi connectivity index (χ3n) is 3.40. The molecule has 1 fully saturated rings. The predicted octanol–water partition coefficient (Wildman–Crippen LogP) is 1.33. The van der Waals surface area contributed by atoms with Gasteiger partial charge in [0.25, 0.3) is 11.5 Å². The normalized spacial score (nSPS) is 15.7. The summed E-state index contributed by atoms with van der Waals surface area (Å²) in [5.41, 5.74) is -0.443. The average Bonchev–Trinajstić information content (AvgIpc) is 3.20. The van der Waals surface area contributed by atoms with Crippen molar-refractivity contribution < 1.29 is 9.18 Å². The Morgan fingerprint density at radius 1 is 1.25 bits per heavy atom. The molecule has 1 amide bonds. The number of nitrogens with one attached hydrogen (secondary N) is 2. The molecule has 0 unspecified atom stereocenters. The molecule has 20 heavy (non-hydrogen) atoms. The van der Waals surface area contributed by atoms with Gasteiger partial charge in [-0.2, -0.15) is 5.10 Å². The van der Waals surface area contributed by atoms with E-state index in [1.807, 2.05) is 0 Å². The van der Waals surface area contributed by atoms with E-state index in [1.165, 1.54) is 18.2 Å². The van der Waals surface area contributed by atoms with E-state index >= 15 is 0 Å². The molecular weight excluding hydrogens is 261 g/mol. The van der Waals surface area contributed by atoms with Crippen LogP contribution in [0, 0.1) is 5.82 Å². The van der Waals surface area contributed by atoms with Gasteiger partial charge in [0.15, 0.2) is 0 Å². The monoisotopic (exact) mass is 273 g/mol. The van der Waals surface area contributed by atoms with Crippen LogP contribution in [0.3, 0.4) is 0 Å². The molecular formula is C14H12FN3O2. The van der Waals surface area contributed by atoms with E-state index in [0.717, 1.165) is 0 Å². The highest BCUT2D eigenvalue weighted by atomic mass is 19.1. The van der Waals surface area contributed by atoms with Crippen LogP contribution in [0.2, 0.25) is 0 Å². The largest absolute Gasteiger partial charge is 0.341 e. The Morgan fingerprint density at radius 3 is 2.60 bits per heavy atom. The van der Waals surface area contributed by atoms with Crippen molar-refractivity contribution in [1.82, 2.24) is 15.5 Å². The predicted molar refractivity (Wildman–Crippen MR) is 69.6 cm³/mol. The minimum Gasteiger partial charge on any atom is -0.341 e. The van der Waals surface area contributed by atoms with Crippen molar-refractivity contribution in [2.24, 2.45) is 0 Å². The number of halogens is 1. The summed E-state index contributed by atoms with van der Waals surface area (Å²) in [6, 6.07) is 8.96. The third-order valence-corrected chi connectivity index (χ3v) is 3.40. The third kappa shape index (κ3) is 2.20. The summed E-state index contributed by atoms with van der Waals surface area (Å²) in [6.07, 6.45) is 1.37. The number of carbonyl (C=O) groups excluding carboxylic acids is 1. The summed E-state index contributed by atoms with van der Waals surface area (Å²) < 4.78 is 13.8. The van der Waals surface area contributed by atoms with Crippen LogP contribution in [0.15, 0.2) is 41.2 Å². The van der Waals surface area contributed by atoms with Gasteiger partial charge in [0.2, 0.25) is 0 Å². The zero-order valence-electron chi connectivity index (χ0n) is 10.5. The van der Waals surface area contributed by atoms with E-state index in [1.54, 1.807) is 18.2 Å². The van der Waals surface area contributed by atoms with Crippen molar-refractivity contribution in [3.63, 3.8) is 0 Å². The number of rotatable bonds is 3. The topological polar surface area (TPSA) is 74.8 Å². The van der Waals surface area contributed by atoms with Crippen molar-refractivity contribution in [1.29, 1.82) is 0 Å². The summed E-state index contributed by atoms with van der Waals surface area (Å²) >= 11 is 0. The first-order valence-electron chi connectivity index (χ1n) is 6.24. The molecule has 2 N–H and O–H groups in total. The first-order chi connectivity index (χ1) is 9.61. The number of benzene rings is 1. The summed E-state index contributed by atoms with van der Waals surface area (Å²) in [4.78, 5) is 23.0. The summed E-state index contributed by atoms with van der Waals surface area (Å²) in [5.74, 6) is -0.762. The van der Waals surface area contributed by atoms with Crippen molar-refractivity contribution in [2.45, 2.75) is 18.4 Å². The Labute approximate surface area is 113 Å². The van der Waals surface area contributed by atoms with Crippen molar-refractivity contribution in [2.75, 3.05) is 0 Å². The van der Waals surface area contributed by atoms with E-state index in [0.29, 0.717) is 18.4 Å². The van der Waals surface area contributed by atoms with Gasteiger partial charge in [-0.3, -0.25) is 9.59 Å². The molecule has 0 saturated heterocycles. The highest BCUT2D eigenvalue weighted by Crippen LogP contribution is 2.46. The van der Waals surface area contributed by atoms with E-state index in [2.05, 4.69) is 15.5 Å². The number of nitrogens with zero attached hydrogens (tertiary/aromatic N) is 1. The molecule has 0 aliphatic heterocycles. The molecule has 1 aromatic carbocycles. The van der Waals surface area contributed by atoms with Crippen LogP contribution < -0.4 is 10.9 Å². The number of amides is 1. The lowest BCUT2D eigenvalue weighted by molar-refractivity contribution is 0.0924. The second-order valence-electron chi connectivity index (χ2n) is 4.82. The van der Waals surface area contributed by atoms with Crippen LogP contribution in [0.4, 0.5) is 4.39 Å². The maximum Gasteiger partial charge on any atom is 0.272 e. The van der Waals surface area contributed by atoms with Gasteiger partial charge in [0, 0.05) is 11.6 Å². The lowest BCUT2D eigenvalue weighted by Gasteiger charge is -2.18. The van der Waals surface area contributed by atoms with Gasteiger partial charge in [0.05, 0.1) is 5.54 Å². The molecule has 5 nitrogen and oxygen atoms in total. The average molecular weight is 273 g/mol. The number of hydrogen-bond donors (Lipinski definition) is 2. The number of aromatic nitrogens is 2. The number of H-pyrrole nitrogens is 1. The molecule has 0 spiro atoms. The highest BCUT2D eigenvalue weighted by molar-refractivity contribution is 5.93. The Kier molecular flexibility index (Phi) is 2.85. The van der Waals surface area contributed by atoms with Crippen LogP contribution in [0.1, 0.15) is 28.9 Å². The van der Waals surface area contributed by atoms with Gasteiger partial charge >= 0.3 is 0 Å². The maximum absolute atomic E-state index is 13.8. The molecule has 1 aromatic heterocycles. The minimum absolute atomic E-state index is 0.104. The smallest absolute Gasteiger partial charge is 0.272 e. The molecule has 1 heterocycles. The summed E-state index contributed by atoms with van der Waals surface area (Å²) in [7, 11) is 0. The molecule has 6 heteroatoms. The van der Waals surface area contributed by atoms with Gasteiger partial charge in [-0.25, -0.2) is 9.49 Å². The molecule has 102 valence electrons. The van der Waals surface area contributed by atoms with Gasteiger partial charge in [-0.05, 0) is 25.0 Å². The Balaban J connectivity index is 1.84. The fourth-order valence-electron chi connectivity index (χ4n) is 2.19. The van der Waals surface area contributed by atoms with Gasteiger partial charge in [0.1, 0.15) is 11.5 Å². The van der Waals surface area contributed by atoms with Crippen LogP contribution in [-0.4, -0.2) is 16.1 Å². The molecule has 3 rings (SSSR count). The number of aromatic amines is 1. The van der Waals surface area contributed by atoms with Crippen LogP contribution in [0.25, 0.3) is 0 Å². The first-order valence-corrected chi connectivity index (χ1v) is 6.24. The lowest BCUT2D eigenvalue weighted by atomic mass is 10.0. The zero-order chi connectivity index (χ0) is 14.2. The van der Waals surface area contributed by atoms with Gasteiger partial charge in [-0.1, -0.05) is 18.2 Å². The second-order valence-corrected chi connectivity index (χ2v) is 4.82. The molecule has 0 atom stereocenters. The molecule has 0 radical (unpaired) electrons. The lowest BCUT2D eigenvalue weighted by Crippen LogP contribution is -2.36. The SMILES string of the molecule is O=C(NC1(c2ccccc2F)CC1)c1ccc(=O)[nH]n1. The Morgan fingerprint density at radius 2 is 2.00 bits per heavy atom. The Hall–Kier alpha value is -2.50. The van der Waals surface area contributed by atoms with Crippen LogP contribution in [0.5, 0.6) is 0 Å². The van der Waals surface area contributed by atoms with E-state index in [9.17, 15) is 14.0 Å². The summed E-state index contributed by atoms with van der Waals surface area (Å²) in [6.45, 7) is 0. The minimum atomic E-state index is -0.653. The van der Waals surface area contributed by atoms with Gasteiger partial charge in [-0.15, -0.1) is 0 Å². The van der Waals surface area contributed by atoms with E-state index < -0.39 is 11.4 Å². The van der Waals surface area contributed by atoms with Crippen LogP contribution >= 0.6 is 0 Å². The van der Waals surface area contributed by atoms with Crippen LogP contribution in [-0.2, 0) is 5.54 Å². The first kappa shape index (κ1) is 12.5. The quantitative estimate of drug-likeness (QED) is 0.885. The zero-order valence-corrected chi connectivity index (χ0v) is 10.5. The number of hydrogen-bond acceptors (Lipinski definition) is 3. The molecule has 0 bridgehead atoms. The standard InChI is InChI=1S/C14H12FN3O2/c15-10-4-2-1-3-9(10)14(7-8-14)16-13(20)11-5-6-12(19)18-17-11/h1-6H,7-8H2,(H,16,20)(H,18,19). The van der Waals surface area contributed by atoms with Crippen molar-refractivity contribution >= 4 is 5.91 Å².